The van der Waals surface area contributed by atoms with E-state index < -0.39 is 0 Å². The third kappa shape index (κ3) is 2.42. The van der Waals surface area contributed by atoms with Crippen molar-refractivity contribution in [2.75, 3.05) is 11.4 Å². The highest BCUT2D eigenvalue weighted by molar-refractivity contribution is 6.30. The lowest BCUT2D eigenvalue weighted by atomic mass is 9.63. The summed E-state index contributed by atoms with van der Waals surface area (Å²) in [5.41, 5.74) is 7.77. The van der Waals surface area contributed by atoms with Gasteiger partial charge >= 0.3 is 0 Å². The van der Waals surface area contributed by atoms with Crippen LogP contribution in [0.4, 0.5) is 5.69 Å². The van der Waals surface area contributed by atoms with Crippen LogP contribution in [0, 0.1) is 11.3 Å². The van der Waals surface area contributed by atoms with Gasteiger partial charge in [-0.25, -0.2) is 0 Å². The largest absolute Gasteiger partial charge is 0.369 e. The van der Waals surface area contributed by atoms with E-state index >= 15 is 0 Å². The molecule has 0 radical (unpaired) electrons. The molecule has 2 atom stereocenters. The Hall–Kier alpha value is -1.22. The number of rotatable bonds is 1. The van der Waals surface area contributed by atoms with Gasteiger partial charge in [-0.2, -0.15) is 0 Å². The molecule has 21 heavy (non-hydrogen) atoms. The maximum absolute atomic E-state index is 6.23. The lowest BCUT2D eigenvalue weighted by Crippen LogP contribution is -2.59. The van der Waals surface area contributed by atoms with Crippen molar-refractivity contribution in [2.24, 2.45) is 22.1 Å². The first-order valence-electron chi connectivity index (χ1n) is 7.70. The van der Waals surface area contributed by atoms with Crippen molar-refractivity contribution in [1.82, 2.24) is 0 Å². The summed E-state index contributed by atoms with van der Waals surface area (Å²) in [4.78, 5) is 6.83. The van der Waals surface area contributed by atoms with E-state index in [0.717, 1.165) is 23.7 Å². The third-order valence-corrected chi connectivity index (χ3v) is 5.54. The van der Waals surface area contributed by atoms with Gasteiger partial charge in [-0.3, -0.25) is 4.99 Å². The van der Waals surface area contributed by atoms with Crippen LogP contribution in [0.2, 0.25) is 5.02 Å². The molecule has 4 heteroatoms. The number of nitrogens with zero attached hydrogens (tertiary/aromatic N) is 2. The van der Waals surface area contributed by atoms with Crippen LogP contribution in [0.1, 0.15) is 40.0 Å². The van der Waals surface area contributed by atoms with Gasteiger partial charge in [0.05, 0.1) is 12.1 Å². The molecule has 1 aliphatic heterocycles. The summed E-state index contributed by atoms with van der Waals surface area (Å²) in [7, 11) is 0. The molecule has 0 aromatic heterocycles. The molecule has 1 aromatic rings. The normalized spacial score (nSPS) is 31.5. The number of nitrogens with two attached hydrogens (primary N) is 1. The monoisotopic (exact) mass is 305 g/mol. The zero-order chi connectivity index (χ0) is 15.3. The van der Waals surface area contributed by atoms with Gasteiger partial charge in [-0.15, -0.1) is 0 Å². The molecule has 0 amide bonds. The van der Waals surface area contributed by atoms with Crippen molar-refractivity contribution in [3.63, 3.8) is 0 Å². The molecule has 3 nitrogen and oxygen atoms in total. The summed E-state index contributed by atoms with van der Waals surface area (Å²) >= 11 is 6.02. The Morgan fingerprint density at radius 2 is 1.90 bits per heavy atom. The number of aliphatic imine (C=N–C) groups is 1. The van der Waals surface area contributed by atoms with Crippen LogP contribution in [-0.4, -0.2) is 18.0 Å². The van der Waals surface area contributed by atoms with E-state index in [1.54, 1.807) is 0 Å². The van der Waals surface area contributed by atoms with E-state index in [0.29, 0.717) is 17.3 Å². The van der Waals surface area contributed by atoms with E-state index in [4.69, 9.17) is 17.3 Å². The first-order chi connectivity index (χ1) is 9.84. The molecule has 1 spiro atoms. The average molecular weight is 306 g/mol. The molecule has 2 N–H and O–H groups in total. The molecule has 1 heterocycles. The number of hydrogen-bond acceptors (Lipinski definition) is 3. The summed E-state index contributed by atoms with van der Waals surface area (Å²) in [6, 6.07) is 7.94. The van der Waals surface area contributed by atoms with Gasteiger partial charge in [-0.1, -0.05) is 32.4 Å². The van der Waals surface area contributed by atoms with Crippen LogP contribution in [-0.2, 0) is 0 Å². The molecule has 1 fully saturated rings. The Bertz CT molecular complexity index is 564. The molecular formula is C17H24ClN3. The van der Waals surface area contributed by atoms with Gasteiger partial charge < -0.3 is 10.6 Å². The summed E-state index contributed by atoms with van der Waals surface area (Å²) in [6.07, 6.45) is 3.55. The van der Waals surface area contributed by atoms with Crippen LogP contribution in [0.3, 0.4) is 0 Å². The molecule has 3 rings (SSSR count). The van der Waals surface area contributed by atoms with Crippen molar-refractivity contribution < 1.29 is 0 Å². The SMILES string of the molecule is CC1CC(C)(C)CCC12CN=C(N)N2c1ccc(Cl)cc1. The average Bonchev–Trinajstić information content (AvgIpc) is 2.74. The molecule has 1 aliphatic carbocycles. The zero-order valence-electron chi connectivity index (χ0n) is 13.1. The van der Waals surface area contributed by atoms with Gasteiger partial charge in [0.1, 0.15) is 0 Å². The molecule has 0 saturated heterocycles. The van der Waals surface area contributed by atoms with E-state index in [9.17, 15) is 0 Å². The fourth-order valence-electron chi connectivity index (χ4n) is 4.06. The van der Waals surface area contributed by atoms with Gasteiger partial charge in [0.15, 0.2) is 5.96 Å². The fourth-order valence-corrected chi connectivity index (χ4v) is 4.18. The minimum absolute atomic E-state index is 0.0352. The van der Waals surface area contributed by atoms with Crippen LogP contribution < -0.4 is 10.6 Å². The molecule has 1 aromatic carbocycles. The van der Waals surface area contributed by atoms with E-state index in [-0.39, 0.29) is 5.54 Å². The Kier molecular flexibility index (Phi) is 3.44. The summed E-state index contributed by atoms with van der Waals surface area (Å²) in [6.45, 7) is 7.88. The second-order valence-corrected chi connectivity index (χ2v) is 7.80. The lowest BCUT2D eigenvalue weighted by molar-refractivity contribution is 0.114. The van der Waals surface area contributed by atoms with Crippen molar-refractivity contribution in [3.05, 3.63) is 29.3 Å². The van der Waals surface area contributed by atoms with Gasteiger partial charge in [0.25, 0.3) is 0 Å². The minimum Gasteiger partial charge on any atom is -0.369 e. The predicted octanol–water partition coefficient (Wildman–Crippen LogP) is 4.06. The quantitative estimate of drug-likeness (QED) is 0.850. The molecule has 114 valence electrons. The summed E-state index contributed by atoms with van der Waals surface area (Å²) in [5, 5.41) is 0.750. The lowest BCUT2D eigenvalue weighted by Gasteiger charge is -2.51. The smallest absolute Gasteiger partial charge is 0.196 e. The fraction of sp³-hybridized carbons (Fsp3) is 0.588. The molecule has 2 aliphatic rings. The summed E-state index contributed by atoms with van der Waals surface area (Å²) in [5.74, 6) is 1.20. The summed E-state index contributed by atoms with van der Waals surface area (Å²) < 4.78 is 0. The van der Waals surface area contributed by atoms with Crippen LogP contribution in [0.25, 0.3) is 0 Å². The Labute approximate surface area is 132 Å². The minimum atomic E-state index is 0.0352. The zero-order valence-corrected chi connectivity index (χ0v) is 13.8. The Morgan fingerprint density at radius 1 is 1.24 bits per heavy atom. The third-order valence-electron chi connectivity index (χ3n) is 5.28. The van der Waals surface area contributed by atoms with Crippen molar-refractivity contribution >= 4 is 23.2 Å². The van der Waals surface area contributed by atoms with Crippen molar-refractivity contribution in [3.8, 4) is 0 Å². The van der Waals surface area contributed by atoms with Crippen LogP contribution in [0.5, 0.6) is 0 Å². The standard InChI is InChI=1S/C17H24ClN3/c1-12-10-16(2,3)8-9-17(12)11-20-15(19)21(17)14-6-4-13(18)5-7-14/h4-7,12H,8-11H2,1-3H3,(H2,19,20). The Morgan fingerprint density at radius 3 is 2.52 bits per heavy atom. The van der Waals surface area contributed by atoms with Crippen molar-refractivity contribution in [2.45, 2.75) is 45.6 Å². The van der Waals surface area contributed by atoms with Gasteiger partial charge in [0, 0.05) is 10.7 Å². The Balaban J connectivity index is 1.97. The number of anilines is 1. The van der Waals surface area contributed by atoms with Crippen LogP contribution >= 0.6 is 11.6 Å². The number of halogens is 1. The maximum Gasteiger partial charge on any atom is 0.196 e. The van der Waals surface area contributed by atoms with Crippen molar-refractivity contribution in [1.29, 1.82) is 0 Å². The first-order valence-corrected chi connectivity index (χ1v) is 8.08. The predicted molar refractivity (Wildman–Crippen MR) is 89.9 cm³/mol. The topological polar surface area (TPSA) is 41.6 Å². The first kappa shape index (κ1) is 14.7. The molecule has 2 unspecified atom stereocenters. The highest BCUT2D eigenvalue weighted by atomic mass is 35.5. The number of benzene rings is 1. The number of hydrogen-bond donors (Lipinski definition) is 1. The second kappa shape index (κ2) is 4.91. The highest BCUT2D eigenvalue weighted by Gasteiger charge is 2.51. The highest BCUT2D eigenvalue weighted by Crippen LogP contribution is 2.49. The maximum atomic E-state index is 6.23. The second-order valence-electron chi connectivity index (χ2n) is 7.36. The van der Waals surface area contributed by atoms with Gasteiger partial charge in [-0.05, 0) is 54.9 Å². The molecule has 0 bridgehead atoms. The molecule has 1 saturated carbocycles. The van der Waals surface area contributed by atoms with Crippen LogP contribution in [0.15, 0.2) is 29.3 Å². The van der Waals surface area contributed by atoms with E-state index in [1.807, 2.05) is 24.3 Å². The number of guanidine groups is 1. The van der Waals surface area contributed by atoms with E-state index in [1.165, 1.54) is 12.8 Å². The van der Waals surface area contributed by atoms with Gasteiger partial charge in [0.2, 0.25) is 0 Å². The molecular weight excluding hydrogens is 282 g/mol. The van der Waals surface area contributed by atoms with E-state index in [2.05, 4.69) is 30.7 Å².